The van der Waals surface area contributed by atoms with Gasteiger partial charge >= 0.3 is 0 Å². The lowest BCUT2D eigenvalue weighted by Gasteiger charge is -2.61. The molecule has 0 saturated heterocycles. The summed E-state index contributed by atoms with van der Waals surface area (Å²) in [5, 5.41) is 3.30. The van der Waals surface area contributed by atoms with Crippen LogP contribution in [0.2, 0.25) is 0 Å². The van der Waals surface area contributed by atoms with Gasteiger partial charge in [-0.25, -0.2) is 0 Å². The summed E-state index contributed by atoms with van der Waals surface area (Å²) in [7, 11) is 0. The van der Waals surface area contributed by atoms with Crippen molar-refractivity contribution in [2.75, 3.05) is 6.54 Å². The van der Waals surface area contributed by atoms with Crippen LogP contribution in [-0.4, -0.2) is 12.5 Å². The van der Waals surface area contributed by atoms with E-state index in [9.17, 15) is 4.79 Å². The molecule has 2 heteroatoms. The van der Waals surface area contributed by atoms with Gasteiger partial charge in [-0.1, -0.05) is 44.2 Å². The van der Waals surface area contributed by atoms with E-state index in [1.165, 1.54) is 24.8 Å². The highest BCUT2D eigenvalue weighted by Gasteiger charge is 2.60. The van der Waals surface area contributed by atoms with Crippen molar-refractivity contribution >= 4 is 5.91 Å². The molecule has 0 unspecified atom stereocenters. The van der Waals surface area contributed by atoms with E-state index in [0.29, 0.717) is 11.8 Å². The van der Waals surface area contributed by atoms with E-state index < -0.39 is 0 Å². The van der Waals surface area contributed by atoms with Gasteiger partial charge in [0.05, 0.1) is 5.41 Å². The third-order valence-electron chi connectivity index (χ3n) is 6.94. The largest absolute Gasteiger partial charge is 0.356 e. The molecule has 2 atom stereocenters. The zero-order valence-electron chi connectivity index (χ0n) is 15.2. The smallest absolute Gasteiger partial charge is 0.226 e. The van der Waals surface area contributed by atoms with Crippen molar-refractivity contribution in [1.82, 2.24) is 5.32 Å². The molecule has 4 aliphatic carbocycles. The molecule has 0 aliphatic heterocycles. The van der Waals surface area contributed by atoms with Gasteiger partial charge < -0.3 is 5.32 Å². The molecule has 4 aliphatic rings. The SMILES string of the molecule is CC(C)CCNC(=O)C12C[C@@H]3C[C@@H](C1)CC(c1ccccc1)(C3)C2. The molecule has 0 spiro atoms. The molecule has 1 N–H and O–H groups in total. The first-order valence-electron chi connectivity index (χ1n) is 9.85. The standard InChI is InChI=1S/C22H31NO/c1-16(2)8-9-23-20(24)22-13-17-10-18(14-22)12-21(11-17,15-22)19-6-4-3-5-7-19/h3-7,16-18H,8-15H2,1-2H3,(H,23,24)/t17-,18-,21?,22?/m1/s1. The number of nitrogens with one attached hydrogen (secondary N) is 1. The average Bonchev–Trinajstić information content (AvgIpc) is 2.54. The van der Waals surface area contributed by atoms with Crippen LogP contribution >= 0.6 is 0 Å². The molecule has 5 rings (SSSR count). The molecule has 1 aromatic carbocycles. The third kappa shape index (κ3) is 2.68. The second-order valence-electron chi connectivity index (χ2n) is 9.33. The van der Waals surface area contributed by atoms with Crippen LogP contribution in [-0.2, 0) is 10.2 Å². The van der Waals surface area contributed by atoms with Crippen molar-refractivity contribution in [3.8, 4) is 0 Å². The van der Waals surface area contributed by atoms with Gasteiger partial charge in [-0.3, -0.25) is 4.79 Å². The predicted molar refractivity (Wildman–Crippen MR) is 97.7 cm³/mol. The van der Waals surface area contributed by atoms with Crippen molar-refractivity contribution in [3.05, 3.63) is 35.9 Å². The maximum Gasteiger partial charge on any atom is 0.226 e. The molecule has 24 heavy (non-hydrogen) atoms. The molecule has 0 heterocycles. The topological polar surface area (TPSA) is 29.1 Å². The summed E-state index contributed by atoms with van der Waals surface area (Å²) in [4.78, 5) is 13.1. The molecular formula is C22H31NO. The molecule has 4 saturated carbocycles. The number of carbonyl (C=O) groups is 1. The normalized spacial score (nSPS) is 37.0. The molecule has 4 bridgehead atoms. The number of benzene rings is 1. The zero-order chi connectivity index (χ0) is 16.8. The van der Waals surface area contributed by atoms with Gasteiger partial charge in [0.1, 0.15) is 0 Å². The zero-order valence-corrected chi connectivity index (χ0v) is 15.2. The maximum absolute atomic E-state index is 13.1. The average molecular weight is 325 g/mol. The highest BCUT2D eigenvalue weighted by atomic mass is 16.2. The summed E-state index contributed by atoms with van der Waals surface area (Å²) in [5.41, 5.74) is 1.66. The lowest BCUT2D eigenvalue weighted by molar-refractivity contribution is -0.149. The minimum atomic E-state index is -0.0864. The van der Waals surface area contributed by atoms with Crippen LogP contribution in [0.1, 0.15) is 64.4 Å². The van der Waals surface area contributed by atoms with Crippen molar-refractivity contribution in [2.24, 2.45) is 23.2 Å². The fourth-order valence-electron chi connectivity index (χ4n) is 6.32. The molecule has 4 fully saturated rings. The first-order chi connectivity index (χ1) is 11.5. The van der Waals surface area contributed by atoms with Crippen molar-refractivity contribution in [1.29, 1.82) is 0 Å². The van der Waals surface area contributed by atoms with Gasteiger partial charge in [0.15, 0.2) is 0 Å². The van der Waals surface area contributed by atoms with E-state index in [1.54, 1.807) is 0 Å². The van der Waals surface area contributed by atoms with Crippen LogP contribution in [0.3, 0.4) is 0 Å². The van der Waals surface area contributed by atoms with Crippen LogP contribution < -0.4 is 5.32 Å². The third-order valence-corrected chi connectivity index (χ3v) is 6.94. The van der Waals surface area contributed by atoms with Gasteiger partial charge in [0.25, 0.3) is 0 Å². The second kappa shape index (κ2) is 5.89. The van der Waals surface area contributed by atoms with Crippen LogP contribution in [0, 0.1) is 23.2 Å². The van der Waals surface area contributed by atoms with E-state index in [1.807, 2.05) is 0 Å². The summed E-state index contributed by atoms with van der Waals surface area (Å²) < 4.78 is 0. The Hall–Kier alpha value is -1.31. The minimum Gasteiger partial charge on any atom is -0.356 e. The van der Waals surface area contributed by atoms with Crippen LogP contribution in [0.25, 0.3) is 0 Å². The Kier molecular flexibility index (Phi) is 3.97. The summed E-state index contributed by atoms with van der Waals surface area (Å²) in [6, 6.07) is 11.1. The predicted octanol–water partition coefficient (Wildman–Crippen LogP) is 4.69. The fraction of sp³-hybridized carbons (Fsp3) is 0.682. The van der Waals surface area contributed by atoms with Gasteiger partial charge in [0.2, 0.25) is 5.91 Å². The van der Waals surface area contributed by atoms with Crippen LogP contribution in [0.4, 0.5) is 0 Å². The Bertz CT molecular complexity index is 592. The molecule has 130 valence electrons. The molecule has 0 radical (unpaired) electrons. The van der Waals surface area contributed by atoms with Gasteiger partial charge in [0, 0.05) is 6.54 Å². The van der Waals surface area contributed by atoms with Crippen LogP contribution in [0.15, 0.2) is 30.3 Å². The van der Waals surface area contributed by atoms with Crippen LogP contribution in [0.5, 0.6) is 0 Å². The Morgan fingerprint density at radius 3 is 2.42 bits per heavy atom. The summed E-state index contributed by atoms with van der Waals surface area (Å²) >= 11 is 0. The fourth-order valence-corrected chi connectivity index (χ4v) is 6.32. The molecule has 1 aromatic rings. The van der Waals surface area contributed by atoms with E-state index in [2.05, 4.69) is 49.5 Å². The van der Waals surface area contributed by atoms with Crippen molar-refractivity contribution in [2.45, 2.75) is 64.2 Å². The molecule has 2 nitrogen and oxygen atoms in total. The highest BCUT2D eigenvalue weighted by Crippen LogP contribution is 2.65. The monoisotopic (exact) mass is 325 g/mol. The highest BCUT2D eigenvalue weighted by molar-refractivity contribution is 5.83. The maximum atomic E-state index is 13.1. The Balaban J connectivity index is 1.58. The Labute approximate surface area is 146 Å². The lowest BCUT2D eigenvalue weighted by atomic mass is 9.42. The van der Waals surface area contributed by atoms with Crippen molar-refractivity contribution < 1.29 is 4.79 Å². The summed E-state index contributed by atoms with van der Waals surface area (Å²) in [6.45, 7) is 5.29. The van der Waals surface area contributed by atoms with Crippen molar-refractivity contribution in [3.63, 3.8) is 0 Å². The summed E-state index contributed by atoms with van der Waals surface area (Å²) in [6.07, 6.45) is 8.37. The van der Waals surface area contributed by atoms with E-state index >= 15 is 0 Å². The van der Waals surface area contributed by atoms with Gasteiger partial charge in [-0.15, -0.1) is 0 Å². The second-order valence-corrected chi connectivity index (χ2v) is 9.33. The molecule has 1 amide bonds. The number of hydrogen-bond donors (Lipinski definition) is 1. The van der Waals surface area contributed by atoms with Gasteiger partial charge in [-0.05, 0) is 73.7 Å². The lowest BCUT2D eigenvalue weighted by Crippen LogP contribution is -2.59. The first kappa shape index (κ1) is 16.2. The van der Waals surface area contributed by atoms with E-state index in [0.717, 1.165) is 44.1 Å². The quantitative estimate of drug-likeness (QED) is 0.836. The number of carbonyl (C=O) groups excluding carboxylic acids is 1. The van der Waals surface area contributed by atoms with Gasteiger partial charge in [-0.2, -0.15) is 0 Å². The molecular weight excluding hydrogens is 294 g/mol. The number of rotatable bonds is 5. The Morgan fingerprint density at radius 1 is 1.12 bits per heavy atom. The van der Waals surface area contributed by atoms with E-state index in [-0.39, 0.29) is 10.8 Å². The molecule has 0 aromatic heterocycles. The minimum absolute atomic E-state index is 0.0864. The Morgan fingerprint density at radius 2 is 1.79 bits per heavy atom. The van der Waals surface area contributed by atoms with E-state index in [4.69, 9.17) is 0 Å². The number of hydrogen-bond acceptors (Lipinski definition) is 1. The summed E-state index contributed by atoms with van der Waals surface area (Å²) in [5.74, 6) is 2.51. The first-order valence-corrected chi connectivity index (χ1v) is 9.85. The number of amides is 1.